The zero-order chi connectivity index (χ0) is 31.8. The van der Waals surface area contributed by atoms with E-state index in [0.717, 1.165) is 23.1 Å². The summed E-state index contributed by atoms with van der Waals surface area (Å²) in [6.07, 6.45) is 2.01. The molecule has 3 aromatic rings. The van der Waals surface area contributed by atoms with Crippen LogP contribution in [-0.4, -0.2) is 48.6 Å². The molecule has 5 rings (SSSR count). The van der Waals surface area contributed by atoms with Gasteiger partial charge in [0.2, 0.25) is 12.3 Å². The number of hydrogen-bond donors (Lipinski definition) is 1. The maximum absolute atomic E-state index is 13.9. The molecule has 2 heterocycles. The maximum atomic E-state index is 13.9. The van der Waals surface area contributed by atoms with Crippen molar-refractivity contribution in [3.05, 3.63) is 87.9 Å². The second kappa shape index (κ2) is 11.7. The van der Waals surface area contributed by atoms with Crippen LogP contribution in [0.5, 0.6) is 11.5 Å². The molecule has 8 heteroatoms. The van der Waals surface area contributed by atoms with Crippen molar-refractivity contribution < 1.29 is 28.3 Å². The van der Waals surface area contributed by atoms with Gasteiger partial charge in [0.15, 0.2) is 11.5 Å². The monoisotopic (exact) mass is 579 g/mol. The van der Waals surface area contributed by atoms with Gasteiger partial charge in [-0.25, -0.2) is 0 Å². The summed E-state index contributed by atoms with van der Waals surface area (Å²) >= 11 is 6.22. The number of aliphatic hydroxyl groups is 1. The number of carbonyl (C=O) groups excluding carboxylic acids is 2. The Hall–Kier alpha value is -3.55. The van der Waals surface area contributed by atoms with Gasteiger partial charge in [-0.1, -0.05) is 35.9 Å². The molecule has 0 radical (unpaired) electrons. The van der Waals surface area contributed by atoms with Crippen molar-refractivity contribution in [1.82, 2.24) is 4.90 Å². The first kappa shape index (κ1) is 25.2. The van der Waals surface area contributed by atoms with E-state index in [0.29, 0.717) is 42.2 Å². The van der Waals surface area contributed by atoms with Crippen molar-refractivity contribution in [3.8, 4) is 11.5 Å². The Bertz CT molecular complexity index is 1500. The molecule has 2 atom stereocenters. The second-order valence-electron chi connectivity index (χ2n) is 11.3. The number of likely N-dealkylation sites (tertiary alicyclic amines) is 1. The molecule has 0 aliphatic carbocycles. The number of ether oxygens (including phenoxy) is 2. The highest BCUT2D eigenvalue weighted by Crippen LogP contribution is 2.44. The number of benzene rings is 3. The number of anilines is 1. The fourth-order valence-corrected chi connectivity index (χ4v) is 6.14. The lowest BCUT2D eigenvalue weighted by Gasteiger charge is -2.40. The van der Waals surface area contributed by atoms with E-state index in [1.165, 1.54) is 0 Å². The van der Waals surface area contributed by atoms with E-state index in [2.05, 4.69) is 0 Å². The third-order valence-corrected chi connectivity index (χ3v) is 8.48. The standard InChI is InChI=1S/C33H37ClN2O5/c1-21(2)41-30-19-28-23(17-29(30)40-4)18-31(38)36(32(28)22-5-9-26(34)10-6-22)27-11-7-24(8-12-27)33(3,39)25-13-15-35(20-37)16-14-25/h5-12,17,19-21,25,32,39H,13-16,18H2,1-4H3/t32-,33?/m0/s1/i4D3. The van der Waals surface area contributed by atoms with Crippen molar-refractivity contribution in [1.29, 1.82) is 0 Å². The van der Waals surface area contributed by atoms with Gasteiger partial charge >= 0.3 is 0 Å². The van der Waals surface area contributed by atoms with Crippen LogP contribution in [0.15, 0.2) is 60.7 Å². The molecule has 0 aromatic heterocycles. The van der Waals surface area contributed by atoms with Crippen LogP contribution < -0.4 is 14.4 Å². The fraction of sp³-hybridized carbons (Fsp3) is 0.394. The van der Waals surface area contributed by atoms with Gasteiger partial charge in [0.25, 0.3) is 0 Å². The molecule has 0 saturated carbocycles. The molecule has 7 nitrogen and oxygen atoms in total. The van der Waals surface area contributed by atoms with Gasteiger partial charge in [0, 0.05) is 23.8 Å². The number of rotatable bonds is 8. The molecule has 1 unspecified atom stereocenters. The SMILES string of the molecule is [2H]C([2H])([2H])Oc1cc2c(cc1OC(C)C)[C@H](c1ccc(Cl)cc1)N(c1ccc(C(C)(O)C3CCN(C=O)CC3)cc1)C(=O)C2. The summed E-state index contributed by atoms with van der Waals surface area (Å²) in [5.74, 6) is 0.130. The summed E-state index contributed by atoms with van der Waals surface area (Å²) in [6, 6.07) is 17.4. The van der Waals surface area contributed by atoms with E-state index in [9.17, 15) is 14.7 Å². The zero-order valence-electron chi connectivity index (χ0n) is 26.5. The number of carbonyl (C=O) groups is 2. The van der Waals surface area contributed by atoms with E-state index in [1.807, 2.05) is 50.2 Å². The Morgan fingerprint density at radius 1 is 1.07 bits per heavy atom. The Morgan fingerprint density at radius 2 is 1.76 bits per heavy atom. The molecular weight excluding hydrogens is 540 g/mol. The predicted molar refractivity (Wildman–Crippen MR) is 160 cm³/mol. The molecular formula is C33H37ClN2O5. The van der Waals surface area contributed by atoms with Crippen molar-refractivity contribution in [2.45, 2.75) is 57.8 Å². The third-order valence-electron chi connectivity index (χ3n) is 8.23. The fourth-order valence-electron chi connectivity index (χ4n) is 6.01. The van der Waals surface area contributed by atoms with Crippen molar-refractivity contribution >= 4 is 29.6 Å². The Kier molecular flexibility index (Phi) is 7.21. The number of halogens is 1. The molecule has 2 aliphatic heterocycles. The van der Waals surface area contributed by atoms with Crippen LogP contribution in [0.3, 0.4) is 0 Å². The number of methoxy groups -OCH3 is 1. The lowest BCUT2D eigenvalue weighted by molar-refractivity contribution is -0.121. The molecule has 1 fully saturated rings. The first-order chi connectivity index (χ1) is 20.8. The summed E-state index contributed by atoms with van der Waals surface area (Å²) in [7, 11) is -2.70. The number of fused-ring (bicyclic) bond motifs is 1. The zero-order valence-corrected chi connectivity index (χ0v) is 24.2. The van der Waals surface area contributed by atoms with Crippen LogP contribution in [0.1, 0.15) is 66.0 Å². The minimum atomic E-state index is -2.70. The van der Waals surface area contributed by atoms with E-state index in [-0.39, 0.29) is 35.8 Å². The summed E-state index contributed by atoms with van der Waals surface area (Å²) in [5, 5.41) is 12.1. The molecule has 3 aromatic carbocycles. The van der Waals surface area contributed by atoms with Crippen LogP contribution in [0, 0.1) is 5.92 Å². The summed E-state index contributed by atoms with van der Waals surface area (Å²) in [4.78, 5) is 28.5. The molecule has 1 N–H and O–H groups in total. The van der Waals surface area contributed by atoms with E-state index in [1.54, 1.807) is 41.0 Å². The van der Waals surface area contributed by atoms with Gasteiger partial charge < -0.3 is 24.4 Å². The van der Waals surface area contributed by atoms with Gasteiger partial charge in [-0.2, -0.15) is 0 Å². The van der Waals surface area contributed by atoms with Gasteiger partial charge in [-0.15, -0.1) is 0 Å². The Morgan fingerprint density at radius 3 is 2.37 bits per heavy atom. The van der Waals surface area contributed by atoms with Gasteiger partial charge in [-0.05, 0) is 98.2 Å². The predicted octanol–water partition coefficient (Wildman–Crippen LogP) is 5.89. The normalized spacial score (nSPS) is 20.5. The Balaban J connectivity index is 1.56. The van der Waals surface area contributed by atoms with E-state index < -0.39 is 18.7 Å². The first-order valence-corrected chi connectivity index (χ1v) is 14.3. The number of amides is 2. The minimum absolute atomic E-state index is 0.0134. The number of piperidine rings is 1. The number of hydrogen-bond acceptors (Lipinski definition) is 5. The minimum Gasteiger partial charge on any atom is -0.493 e. The van der Waals surface area contributed by atoms with Gasteiger partial charge in [0.05, 0.1) is 35.3 Å². The van der Waals surface area contributed by atoms with E-state index in [4.69, 9.17) is 25.2 Å². The number of nitrogens with zero attached hydrogens (tertiary/aromatic N) is 2. The van der Waals surface area contributed by atoms with Crippen LogP contribution >= 0.6 is 11.6 Å². The quantitative estimate of drug-likeness (QED) is 0.337. The van der Waals surface area contributed by atoms with Crippen LogP contribution in [0.4, 0.5) is 5.69 Å². The smallest absolute Gasteiger partial charge is 0.232 e. The highest BCUT2D eigenvalue weighted by Gasteiger charge is 2.38. The molecule has 41 heavy (non-hydrogen) atoms. The second-order valence-corrected chi connectivity index (χ2v) is 11.7. The van der Waals surface area contributed by atoms with Crippen LogP contribution in [0.25, 0.3) is 0 Å². The van der Waals surface area contributed by atoms with Gasteiger partial charge in [0.1, 0.15) is 0 Å². The maximum Gasteiger partial charge on any atom is 0.232 e. The lowest BCUT2D eigenvalue weighted by Crippen LogP contribution is -2.42. The highest BCUT2D eigenvalue weighted by molar-refractivity contribution is 6.30. The van der Waals surface area contributed by atoms with Crippen molar-refractivity contribution in [3.63, 3.8) is 0 Å². The van der Waals surface area contributed by atoms with Crippen LogP contribution in [0.2, 0.25) is 5.02 Å². The largest absolute Gasteiger partial charge is 0.493 e. The topological polar surface area (TPSA) is 79.3 Å². The summed E-state index contributed by atoms with van der Waals surface area (Å²) in [6.45, 7) is 6.69. The molecule has 0 bridgehead atoms. The van der Waals surface area contributed by atoms with Gasteiger partial charge in [-0.3, -0.25) is 9.59 Å². The summed E-state index contributed by atoms with van der Waals surface area (Å²) in [5.41, 5.74) is 2.50. The molecule has 0 spiro atoms. The highest BCUT2D eigenvalue weighted by atomic mass is 35.5. The molecule has 216 valence electrons. The third kappa shape index (κ3) is 5.79. The van der Waals surface area contributed by atoms with Crippen molar-refractivity contribution in [2.75, 3.05) is 25.0 Å². The molecule has 1 saturated heterocycles. The molecule has 2 aliphatic rings. The average molecular weight is 580 g/mol. The van der Waals surface area contributed by atoms with Crippen molar-refractivity contribution in [2.24, 2.45) is 5.92 Å². The molecule has 2 amide bonds. The lowest BCUT2D eigenvalue weighted by atomic mass is 9.77. The summed E-state index contributed by atoms with van der Waals surface area (Å²) < 4.78 is 34.2. The van der Waals surface area contributed by atoms with E-state index >= 15 is 0 Å². The average Bonchev–Trinajstić information content (AvgIpc) is 2.97. The Labute approximate surface area is 250 Å². The van der Waals surface area contributed by atoms with Crippen LogP contribution in [-0.2, 0) is 21.6 Å². The first-order valence-electron chi connectivity index (χ1n) is 15.4.